The van der Waals surface area contributed by atoms with Gasteiger partial charge in [-0.1, -0.05) is 12.1 Å². The fourth-order valence-electron chi connectivity index (χ4n) is 3.10. The van der Waals surface area contributed by atoms with Gasteiger partial charge in [-0.3, -0.25) is 4.99 Å². The molecule has 7 nitrogen and oxygen atoms in total. The maximum Gasteiger partial charge on any atom is 0.191 e. The summed E-state index contributed by atoms with van der Waals surface area (Å²) in [5.41, 5.74) is 1.19. The van der Waals surface area contributed by atoms with Crippen LogP contribution >= 0.6 is 24.0 Å². The molecule has 0 bridgehead atoms. The summed E-state index contributed by atoms with van der Waals surface area (Å²) < 4.78 is 34.0. The maximum atomic E-state index is 11.7. The van der Waals surface area contributed by atoms with E-state index in [1.807, 2.05) is 36.4 Å². The zero-order valence-corrected chi connectivity index (χ0v) is 19.6. The van der Waals surface area contributed by atoms with Crippen molar-refractivity contribution >= 4 is 39.8 Å². The molecule has 1 unspecified atom stereocenters. The Morgan fingerprint density at radius 2 is 2.03 bits per heavy atom. The minimum absolute atomic E-state index is 0. The van der Waals surface area contributed by atoms with Crippen molar-refractivity contribution < 1.29 is 17.6 Å². The van der Waals surface area contributed by atoms with Crippen LogP contribution in [0.15, 0.2) is 52.1 Å². The van der Waals surface area contributed by atoms with Crippen molar-refractivity contribution in [2.75, 3.05) is 31.7 Å². The van der Waals surface area contributed by atoms with Crippen LogP contribution in [0.25, 0.3) is 0 Å². The lowest BCUT2D eigenvalue weighted by atomic mass is 10.1. The molecule has 29 heavy (non-hydrogen) atoms. The molecule has 160 valence electrons. The molecule has 1 aromatic heterocycles. The highest BCUT2D eigenvalue weighted by atomic mass is 127. The molecule has 0 radical (unpaired) electrons. The molecule has 0 spiro atoms. The Hall–Kier alpha value is -1.75. The van der Waals surface area contributed by atoms with Crippen LogP contribution in [0, 0.1) is 0 Å². The number of nitrogens with one attached hydrogen (secondary N) is 2. The van der Waals surface area contributed by atoms with E-state index in [4.69, 9.17) is 9.15 Å². The second-order valence-electron chi connectivity index (χ2n) is 6.83. The summed E-state index contributed by atoms with van der Waals surface area (Å²) in [5.74, 6) is 2.74. The summed E-state index contributed by atoms with van der Waals surface area (Å²) in [6.07, 6.45) is 3.78. The fourth-order valence-corrected chi connectivity index (χ4v) is 4.78. The SMILES string of the molecule is COc1ccc(CCNC(=NCCc2ccco2)NC2CCS(=O)(=O)C2)cc1.I. The number of rotatable bonds is 8. The number of halogens is 1. The van der Waals surface area contributed by atoms with E-state index in [1.54, 1.807) is 13.4 Å². The number of benzene rings is 1. The number of hydrogen-bond donors (Lipinski definition) is 2. The highest BCUT2D eigenvalue weighted by Crippen LogP contribution is 2.12. The van der Waals surface area contributed by atoms with Crippen LogP contribution in [-0.4, -0.2) is 52.1 Å². The number of guanidine groups is 1. The molecule has 0 saturated carbocycles. The van der Waals surface area contributed by atoms with E-state index in [9.17, 15) is 8.42 Å². The van der Waals surface area contributed by atoms with Crippen LogP contribution in [0.2, 0.25) is 0 Å². The van der Waals surface area contributed by atoms with Crippen LogP contribution in [0.4, 0.5) is 0 Å². The first-order valence-corrected chi connectivity index (χ1v) is 11.3. The largest absolute Gasteiger partial charge is 0.497 e. The molecule has 9 heteroatoms. The van der Waals surface area contributed by atoms with E-state index in [0.717, 1.165) is 17.9 Å². The van der Waals surface area contributed by atoms with Crippen molar-refractivity contribution in [3.8, 4) is 5.75 Å². The molecule has 1 saturated heterocycles. The van der Waals surface area contributed by atoms with Gasteiger partial charge in [0.25, 0.3) is 0 Å². The lowest BCUT2D eigenvalue weighted by molar-refractivity contribution is 0.414. The molecule has 0 aliphatic carbocycles. The summed E-state index contributed by atoms with van der Waals surface area (Å²) >= 11 is 0. The maximum absolute atomic E-state index is 11.7. The van der Waals surface area contributed by atoms with Gasteiger partial charge in [0.2, 0.25) is 0 Å². The molecule has 0 amide bonds. The number of methoxy groups -OCH3 is 1. The highest BCUT2D eigenvalue weighted by molar-refractivity contribution is 14.0. The summed E-state index contributed by atoms with van der Waals surface area (Å²) in [6, 6.07) is 11.6. The predicted molar refractivity (Wildman–Crippen MR) is 125 cm³/mol. The molecule has 1 aliphatic heterocycles. The Balaban J connectivity index is 0.00000300. The minimum Gasteiger partial charge on any atom is -0.497 e. The summed E-state index contributed by atoms with van der Waals surface area (Å²) in [5, 5.41) is 6.58. The number of sulfone groups is 1. The Morgan fingerprint density at radius 3 is 2.66 bits per heavy atom. The van der Waals surface area contributed by atoms with Gasteiger partial charge in [-0.25, -0.2) is 8.42 Å². The van der Waals surface area contributed by atoms with Gasteiger partial charge in [-0.05, 0) is 42.7 Å². The van der Waals surface area contributed by atoms with Crippen molar-refractivity contribution in [2.45, 2.75) is 25.3 Å². The van der Waals surface area contributed by atoms with E-state index in [-0.39, 0.29) is 41.5 Å². The Kier molecular flexibility index (Phi) is 9.28. The first-order chi connectivity index (χ1) is 13.5. The summed E-state index contributed by atoms with van der Waals surface area (Å²) in [7, 11) is -1.29. The topological polar surface area (TPSA) is 92.9 Å². The minimum atomic E-state index is -2.94. The molecular weight excluding hydrogens is 505 g/mol. The molecule has 1 aromatic carbocycles. The fraction of sp³-hybridized carbons (Fsp3) is 0.450. The summed E-state index contributed by atoms with van der Waals surface area (Å²) in [4.78, 5) is 4.59. The van der Waals surface area contributed by atoms with Crippen LogP contribution in [0.1, 0.15) is 17.7 Å². The Morgan fingerprint density at radius 1 is 1.24 bits per heavy atom. The lowest BCUT2D eigenvalue weighted by Crippen LogP contribution is -2.44. The molecule has 2 aromatic rings. The third-order valence-corrected chi connectivity index (χ3v) is 6.41. The summed E-state index contributed by atoms with van der Waals surface area (Å²) in [6.45, 7) is 1.25. The first kappa shape index (κ1) is 23.5. The molecule has 2 heterocycles. The number of hydrogen-bond acceptors (Lipinski definition) is 5. The van der Waals surface area contributed by atoms with Crippen molar-refractivity contribution in [3.05, 3.63) is 54.0 Å². The van der Waals surface area contributed by atoms with Crippen LogP contribution in [0.3, 0.4) is 0 Å². The van der Waals surface area contributed by atoms with E-state index >= 15 is 0 Å². The number of ether oxygens (including phenoxy) is 1. The van der Waals surface area contributed by atoms with Gasteiger partial charge in [0.1, 0.15) is 11.5 Å². The zero-order valence-electron chi connectivity index (χ0n) is 16.5. The molecular formula is C20H28IN3O4S. The van der Waals surface area contributed by atoms with Gasteiger partial charge in [0, 0.05) is 25.6 Å². The molecule has 2 N–H and O–H groups in total. The molecule has 1 fully saturated rings. The Labute approximate surface area is 189 Å². The number of aliphatic imine (C=N–C) groups is 1. The quantitative estimate of drug-likeness (QED) is 0.308. The second kappa shape index (κ2) is 11.4. The molecule has 1 aliphatic rings. The van der Waals surface area contributed by atoms with Gasteiger partial charge in [0.15, 0.2) is 15.8 Å². The average molecular weight is 533 g/mol. The Bertz CT molecular complexity index is 868. The molecule has 1 atom stereocenters. The van der Waals surface area contributed by atoms with E-state index in [1.165, 1.54) is 5.56 Å². The van der Waals surface area contributed by atoms with Crippen molar-refractivity contribution in [1.82, 2.24) is 10.6 Å². The third-order valence-electron chi connectivity index (χ3n) is 4.65. The van der Waals surface area contributed by atoms with Crippen molar-refractivity contribution in [2.24, 2.45) is 4.99 Å². The smallest absolute Gasteiger partial charge is 0.191 e. The van der Waals surface area contributed by atoms with Gasteiger partial charge in [-0.15, -0.1) is 24.0 Å². The lowest BCUT2D eigenvalue weighted by Gasteiger charge is -2.17. The highest BCUT2D eigenvalue weighted by Gasteiger charge is 2.28. The number of furan rings is 1. The van der Waals surface area contributed by atoms with Gasteiger partial charge in [-0.2, -0.15) is 0 Å². The third kappa shape index (κ3) is 7.88. The van der Waals surface area contributed by atoms with Gasteiger partial charge >= 0.3 is 0 Å². The number of nitrogens with zero attached hydrogens (tertiary/aromatic N) is 1. The van der Waals surface area contributed by atoms with Crippen molar-refractivity contribution in [1.29, 1.82) is 0 Å². The van der Waals surface area contributed by atoms with Crippen LogP contribution in [0.5, 0.6) is 5.75 Å². The second-order valence-corrected chi connectivity index (χ2v) is 9.06. The van der Waals surface area contributed by atoms with Gasteiger partial charge in [0.05, 0.1) is 24.9 Å². The van der Waals surface area contributed by atoms with E-state index in [0.29, 0.717) is 31.9 Å². The zero-order chi connectivity index (χ0) is 19.8. The average Bonchev–Trinajstić information content (AvgIpc) is 3.31. The van der Waals surface area contributed by atoms with E-state index < -0.39 is 9.84 Å². The predicted octanol–water partition coefficient (Wildman–Crippen LogP) is 2.41. The standard InChI is InChI=1S/C20H27N3O4S.HI/c1-26-18-6-4-16(5-7-18)8-11-21-20(22-12-9-19-3-2-13-27-19)23-17-10-14-28(24,25)15-17;/h2-7,13,17H,8-12,14-15H2,1H3,(H2,21,22,23);1H. The van der Waals surface area contributed by atoms with Crippen molar-refractivity contribution in [3.63, 3.8) is 0 Å². The van der Waals surface area contributed by atoms with Gasteiger partial charge < -0.3 is 19.8 Å². The monoisotopic (exact) mass is 533 g/mol. The van der Waals surface area contributed by atoms with E-state index in [2.05, 4.69) is 15.6 Å². The normalized spacial score (nSPS) is 18.1. The first-order valence-electron chi connectivity index (χ1n) is 9.45. The van der Waals surface area contributed by atoms with Crippen LogP contribution < -0.4 is 15.4 Å². The molecule has 3 rings (SSSR count). The van der Waals surface area contributed by atoms with Crippen LogP contribution in [-0.2, 0) is 22.7 Å².